The van der Waals surface area contributed by atoms with Gasteiger partial charge in [0, 0.05) is 24.8 Å². The van der Waals surface area contributed by atoms with E-state index in [1.807, 2.05) is 6.92 Å². The highest BCUT2D eigenvalue weighted by atomic mass is 32.1. The van der Waals surface area contributed by atoms with Gasteiger partial charge in [-0.2, -0.15) is 0 Å². The predicted octanol–water partition coefficient (Wildman–Crippen LogP) is 3.89. The maximum Gasteiger partial charge on any atom is 0.409 e. The monoisotopic (exact) mass is 363 g/mol. The van der Waals surface area contributed by atoms with E-state index in [0.29, 0.717) is 24.8 Å². The molecule has 0 aliphatic carbocycles. The minimum Gasteiger partial charge on any atom is -0.450 e. The number of rotatable bonds is 3. The van der Waals surface area contributed by atoms with Gasteiger partial charge in [0.15, 0.2) is 5.11 Å². The van der Waals surface area contributed by atoms with E-state index in [1.54, 1.807) is 4.90 Å². The highest BCUT2D eigenvalue weighted by molar-refractivity contribution is 7.80. The fourth-order valence-electron chi connectivity index (χ4n) is 2.83. The van der Waals surface area contributed by atoms with Gasteiger partial charge in [-0.1, -0.05) is 32.9 Å². The quantitative estimate of drug-likeness (QED) is 0.798. The van der Waals surface area contributed by atoms with Gasteiger partial charge in [-0.25, -0.2) is 4.79 Å². The summed E-state index contributed by atoms with van der Waals surface area (Å²) in [7, 11) is 0. The fourth-order valence-corrected chi connectivity index (χ4v) is 3.11. The van der Waals surface area contributed by atoms with Crippen LogP contribution in [0.4, 0.5) is 10.5 Å². The first-order chi connectivity index (χ1) is 11.8. The van der Waals surface area contributed by atoms with Crippen LogP contribution in [0.15, 0.2) is 24.3 Å². The van der Waals surface area contributed by atoms with E-state index < -0.39 is 0 Å². The smallest absolute Gasteiger partial charge is 0.409 e. The van der Waals surface area contributed by atoms with Crippen LogP contribution in [0, 0.1) is 0 Å². The highest BCUT2D eigenvalue weighted by Crippen LogP contribution is 2.23. The average molecular weight is 364 g/mol. The number of hydrogen-bond acceptors (Lipinski definition) is 3. The summed E-state index contributed by atoms with van der Waals surface area (Å²) >= 11 is 5.42. The van der Waals surface area contributed by atoms with Crippen molar-refractivity contribution in [1.82, 2.24) is 10.2 Å². The van der Waals surface area contributed by atoms with Crippen LogP contribution >= 0.6 is 12.2 Å². The minimum atomic E-state index is -0.222. The Balaban J connectivity index is 1.78. The summed E-state index contributed by atoms with van der Waals surface area (Å²) in [6.07, 6.45) is 1.51. The van der Waals surface area contributed by atoms with Crippen LogP contribution in [0.3, 0.4) is 0 Å². The minimum absolute atomic E-state index is 0.143. The summed E-state index contributed by atoms with van der Waals surface area (Å²) in [5.41, 5.74) is 2.42. The van der Waals surface area contributed by atoms with Crippen molar-refractivity contribution in [1.29, 1.82) is 0 Å². The Labute approximate surface area is 156 Å². The van der Waals surface area contributed by atoms with Crippen LogP contribution in [0.2, 0.25) is 0 Å². The van der Waals surface area contributed by atoms with Crippen LogP contribution in [-0.2, 0) is 10.2 Å². The molecule has 1 fully saturated rings. The van der Waals surface area contributed by atoms with Crippen molar-refractivity contribution in [3.05, 3.63) is 29.8 Å². The molecule has 5 nitrogen and oxygen atoms in total. The third-order valence-corrected chi connectivity index (χ3v) is 4.58. The zero-order valence-electron chi connectivity index (χ0n) is 15.6. The number of benzene rings is 1. The molecule has 0 radical (unpaired) electrons. The van der Waals surface area contributed by atoms with Crippen molar-refractivity contribution in [2.45, 2.75) is 52.0 Å². The second kappa shape index (κ2) is 8.52. The molecule has 138 valence electrons. The maximum atomic E-state index is 11.7. The number of nitrogens with zero attached hydrogens (tertiary/aromatic N) is 1. The number of piperidine rings is 1. The van der Waals surface area contributed by atoms with Gasteiger partial charge in [0.05, 0.1) is 6.61 Å². The molecule has 1 aromatic rings. The van der Waals surface area contributed by atoms with Crippen LogP contribution in [0.1, 0.15) is 46.1 Å². The Bertz CT molecular complexity index is 588. The molecular weight excluding hydrogens is 334 g/mol. The van der Waals surface area contributed by atoms with Crippen molar-refractivity contribution < 1.29 is 9.53 Å². The van der Waals surface area contributed by atoms with Crippen molar-refractivity contribution in [3.8, 4) is 0 Å². The van der Waals surface area contributed by atoms with E-state index in [0.717, 1.165) is 18.5 Å². The largest absolute Gasteiger partial charge is 0.450 e. The summed E-state index contributed by atoms with van der Waals surface area (Å²) in [5, 5.41) is 7.21. The number of likely N-dealkylation sites (tertiary alicyclic amines) is 1. The van der Waals surface area contributed by atoms with Gasteiger partial charge >= 0.3 is 6.09 Å². The first kappa shape index (κ1) is 19.5. The molecule has 1 aliphatic rings. The van der Waals surface area contributed by atoms with Crippen molar-refractivity contribution in [2.75, 3.05) is 25.0 Å². The lowest BCUT2D eigenvalue weighted by Gasteiger charge is -2.32. The number of hydrogen-bond donors (Lipinski definition) is 2. The van der Waals surface area contributed by atoms with Crippen LogP contribution in [0.5, 0.6) is 0 Å². The second-order valence-electron chi connectivity index (χ2n) is 7.39. The number of amides is 1. The van der Waals surface area contributed by atoms with E-state index in [9.17, 15) is 4.79 Å². The van der Waals surface area contributed by atoms with E-state index in [4.69, 9.17) is 17.0 Å². The molecule has 2 rings (SSSR count). The van der Waals surface area contributed by atoms with E-state index >= 15 is 0 Å². The first-order valence-electron chi connectivity index (χ1n) is 8.89. The van der Waals surface area contributed by atoms with Crippen LogP contribution in [0.25, 0.3) is 0 Å². The van der Waals surface area contributed by atoms with Gasteiger partial charge in [-0.05, 0) is 55.1 Å². The molecule has 0 saturated carbocycles. The molecule has 1 aliphatic heterocycles. The lowest BCUT2D eigenvalue weighted by atomic mass is 9.87. The highest BCUT2D eigenvalue weighted by Gasteiger charge is 2.23. The second-order valence-corrected chi connectivity index (χ2v) is 7.79. The number of carbonyl (C=O) groups is 1. The molecule has 1 saturated heterocycles. The molecule has 6 heteroatoms. The molecule has 2 N–H and O–H groups in total. The summed E-state index contributed by atoms with van der Waals surface area (Å²) in [5.74, 6) is 0. The molecule has 0 aromatic heterocycles. The van der Waals surface area contributed by atoms with Gasteiger partial charge in [0.1, 0.15) is 0 Å². The third kappa shape index (κ3) is 5.88. The molecule has 1 heterocycles. The number of ether oxygens (including phenoxy) is 1. The van der Waals surface area contributed by atoms with Gasteiger partial charge in [-0.3, -0.25) is 0 Å². The Kier molecular flexibility index (Phi) is 6.64. The molecule has 0 atom stereocenters. The zero-order valence-corrected chi connectivity index (χ0v) is 16.4. The van der Waals surface area contributed by atoms with E-state index in [-0.39, 0.29) is 17.6 Å². The van der Waals surface area contributed by atoms with Crippen LogP contribution in [-0.4, -0.2) is 41.8 Å². The first-order valence-corrected chi connectivity index (χ1v) is 9.30. The van der Waals surface area contributed by atoms with Gasteiger partial charge < -0.3 is 20.3 Å². The molecule has 0 spiro atoms. The Morgan fingerprint density at radius 2 is 1.84 bits per heavy atom. The molecular formula is C19H29N3O2S. The van der Waals surface area contributed by atoms with E-state index in [2.05, 4.69) is 55.7 Å². The predicted molar refractivity (Wildman–Crippen MR) is 106 cm³/mol. The Morgan fingerprint density at radius 3 is 2.36 bits per heavy atom. The normalized spacial score (nSPS) is 15.6. The number of nitrogens with one attached hydrogen (secondary N) is 2. The lowest BCUT2D eigenvalue weighted by molar-refractivity contribution is 0.0964. The van der Waals surface area contributed by atoms with E-state index in [1.165, 1.54) is 5.56 Å². The topological polar surface area (TPSA) is 53.6 Å². The summed E-state index contributed by atoms with van der Waals surface area (Å²) < 4.78 is 5.04. The SMILES string of the molecule is CCOC(=O)N1CCC(NC(=S)Nc2ccc(C(C)(C)C)cc2)CC1. The number of thiocarbonyl (C=S) groups is 1. The average Bonchev–Trinajstić information content (AvgIpc) is 2.55. The zero-order chi connectivity index (χ0) is 18.4. The third-order valence-electron chi connectivity index (χ3n) is 4.36. The fraction of sp³-hybridized carbons (Fsp3) is 0.579. The number of anilines is 1. The van der Waals surface area contributed by atoms with Crippen LogP contribution < -0.4 is 10.6 Å². The molecule has 1 aromatic carbocycles. The Morgan fingerprint density at radius 1 is 1.24 bits per heavy atom. The summed E-state index contributed by atoms with van der Waals surface area (Å²) in [6.45, 7) is 10.2. The van der Waals surface area contributed by atoms with Gasteiger partial charge in [0.25, 0.3) is 0 Å². The van der Waals surface area contributed by atoms with Crippen molar-refractivity contribution in [2.24, 2.45) is 0 Å². The molecule has 0 bridgehead atoms. The summed E-state index contributed by atoms with van der Waals surface area (Å²) in [4.78, 5) is 13.5. The lowest BCUT2D eigenvalue weighted by Crippen LogP contribution is -2.47. The Hall–Kier alpha value is -1.82. The summed E-state index contributed by atoms with van der Waals surface area (Å²) in [6, 6.07) is 8.64. The van der Waals surface area contributed by atoms with Crippen molar-refractivity contribution in [3.63, 3.8) is 0 Å². The molecule has 1 amide bonds. The number of carbonyl (C=O) groups excluding carboxylic acids is 1. The van der Waals surface area contributed by atoms with Gasteiger partial charge in [-0.15, -0.1) is 0 Å². The molecule has 0 unspecified atom stereocenters. The van der Waals surface area contributed by atoms with Gasteiger partial charge in [0.2, 0.25) is 0 Å². The van der Waals surface area contributed by atoms with Crippen molar-refractivity contribution >= 4 is 29.1 Å². The maximum absolute atomic E-state index is 11.7. The standard InChI is InChI=1S/C19H29N3O2S/c1-5-24-18(23)22-12-10-16(11-13-22)21-17(25)20-15-8-6-14(7-9-15)19(2,3)4/h6-9,16H,5,10-13H2,1-4H3,(H2,20,21,25). The molecule has 25 heavy (non-hydrogen) atoms.